The molecule has 1 amide bonds. The van der Waals surface area contributed by atoms with Crippen LogP contribution in [0.1, 0.15) is 31.0 Å². The SMILES string of the molecule is CCOc1ccc(/C=C/C(=O)OCC(=O)NC(C)c2ccccc2)cc1. The maximum atomic E-state index is 11.9. The first-order chi connectivity index (χ1) is 12.6. The highest BCUT2D eigenvalue weighted by Gasteiger charge is 2.10. The standard InChI is InChI=1S/C21H23NO4/c1-3-25-19-12-9-17(10-13-19)11-14-21(24)26-15-20(23)22-16(2)18-7-5-4-6-8-18/h4-14,16H,3,15H2,1-2H3,(H,22,23)/b14-11+. The molecule has 2 aromatic carbocycles. The van der Waals surface area contributed by atoms with E-state index >= 15 is 0 Å². The van der Waals surface area contributed by atoms with Gasteiger partial charge in [0.15, 0.2) is 6.61 Å². The molecule has 2 aromatic rings. The summed E-state index contributed by atoms with van der Waals surface area (Å²) in [4.78, 5) is 23.6. The normalized spacial score (nSPS) is 11.8. The van der Waals surface area contributed by atoms with Crippen LogP contribution in [0.15, 0.2) is 60.7 Å². The summed E-state index contributed by atoms with van der Waals surface area (Å²) >= 11 is 0. The highest BCUT2D eigenvalue weighted by molar-refractivity contribution is 5.89. The van der Waals surface area contributed by atoms with Gasteiger partial charge in [0, 0.05) is 6.08 Å². The van der Waals surface area contributed by atoms with Gasteiger partial charge in [-0.2, -0.15) is 0 Å². The fourth-order valence-corrected chi connectivity index (χ4v) is 2.30. The number of ether oxygens (including phenoxy) is 2. The van der Waals surface area contributed by atoms with Gasteiger partial charge in [-0.05, 0) is 43.2 Å². The Morgan fingerprint density at radius 3 is 2.42 bits per heavy atom. The Morgan fingerprint density at radius 1 is 1.08 bits per heavy atom. The van der Waals surface area contributed by atoms with Crippen LogP contribution in [0.5, 0.6) is 5.75 Å². The lowest BCUT2D eigenvalue weighted by molar-refractivity contribution is -0.144. The van der Waals surface area contributed by atoms with Gasteiger partial charge in [-0.1, -0.05) is 42.5 Å². The molecule has 1 atom stereocenters. The molecule has 0 radical (unpaired) electrons. The van der Waals surface area contributed by atoms with Gasteiger partial charge in [0.2, 0.25) is 0 Å². The number of esters is 1. The second-order valence-corrected chi connectivity index (χ2v) is 5.64. The fourth-order valence-electron chi connectivity index (χ4n) is 2.30. The number of benzene rings is 2. The van der Waals surface area contributed by atoms with E-state index in [2.05, 4.69) is 5.32 Å². The Bertz CT molecular complexity index is 738. The molecule has 0 aromatic heterocycles. The maximum absolute atomic E-state index is 11.9. The van der Waals surface area contributed by atoms with Gasteiger partial charge in [0.25, 0.3) is 5.91 Å². The quantitative estimate of drug-likeness (QED) is 0.582. The zero-order valence-corrected chi connectivity index (χ0v) is 15.0. The number of carbonyl (C=O) groups excluding carboxylic acids is 2. The molecule has 0 aliphatic carbocycles. The van der Waals surface area contributed by atoms with E-state index < -0.39 is 5.97 Å². The van der Waals surface area contributed by atoms with E-state index in [1.54, 1.807) is 6.08 Å². The molecule has 0 fully saturated rings. The van der Waals surface area contributed by atoms with Crippen molar-refractivity contribution >= 4 is 18.0 Å². The van der Waals surface area contributed by atoms with E-state index in [-0.39, 0.29) is 18.6 Å². The molecule has 0 bridgehead atoms. The number of hydrogen-bond acceptors (Lipinski definition) is 4. The maximum Gasteiger partial charge on any atom is 0.331 e. The summed E-state index contributed by atoms with van der Waals surface area (Å²) in [7, 11) is 0. The number of hydrogen-bond donors (Lipinski definition) is 1. The van der Waals surface area contributed by atoms with Crippen molar-refractivity contribution in [2.45, 2.75) is 19.9 Å². The van der Waals surface area contributed by atoms with Crippen LogP contribution in [0.3, 0.4) is 0 Å². The molecule has 1 unspecified atom stereocenters. The zero-order chi connectivity index (χ0) is 18.8. The molecule has 26 heavy (non-hydrogen) atoms. The van der Waals surface area contributed by atoms with Crippen LogP contribution < -0.4 is 10.1 Å². The summed E-state index contributed by atoms with van der Waals surface area (Å²) in [5, 5.41) is 2.79. The van der Waals surface area contributed by atoms with Crippen LogP contribution in [0.2, 0.25) is 0 Å². The van der Waals surface area contributed by atoms with E-state index in [9.17, 15) is 9.59 Å². The summed E-state index contributed by atoms with van der Waals surface area (Å²) in [6.07, 6.45) is 2.92. The average molecular weight is 353 g/mol. The van der Waals surface area contributed by atoms with E-state index in [0.717, 1.165) is 16.9 Å². The Hall–Kier alpha value is -3.08. The molecule has 0 aliphatic heterocycles. The minimum Gasteiger partial charge on any atom is -0.494 e. The second-order valence-electron chi connectivity index (χ2n) is 5.64. The van der Waals surface area contributed by atoms with Crippen molar-refractivity contribution in [2.75, 3.05) is 13.2 Å². The number of nitrogens with one attached hydrogen (secondary N) is 1. The van der Waals surface area contributed by atoms with E-state index in [4.69, 9.17) is 9.47 Å². The molecule has 0 spiro atoms. The Labute approximate surface area is 153 Å². The van der Waals surface area contributed by atoms with Crippen molar-refractivity contribution < 1.29 is 19.1 Å². The van der Waals surface area contributed by atoms with Crippen molar-refractivity contribution in [3.63, 3.8) is 0 Å². The van der Waals surface area contributed by atoms with Crippen molar-refractivity contribution in [2.24, 2.45) is 0 Å². The van der Waals surface area contributed by atoms with Crippen LogP contribution in [-0.2, 0) is 14.3 Å². The van der Waals surface area contributed by atoms with Gasteiger partial charge in [-0.3, -0.25) is 4.79 Å². The molecule has 0 saturated carbocycles. The van der Waals surface area contributed by atoms with Crippen molar-refractivity contribution in [3.05, 3.63) is 71.8 Å². The number of amides is 1. The summed E-state index contributed by atoms with van der Waals surface area (Å²) in [5.74, 6) is -0.137. The van der Waals surface area contributed by atoms with E-state index in [0.29, 0.717) is 6.61 Å². The molecule has 0 aliphatic rings. The molecule has 5 heteroatoms. The third-order valence-electron chi connectivity index (χ3n) is 3.63. The minimum absolute atomic E-state index is 0.151. The molecule has 1 N–H and O–H groups in total. The van der Waals surface area contributed by atoms with Gasteiger partial charge < -0.3 is 14.8 Å². The molecule has 0 heterocycles. The summed E-state index contributed by atoms with van der Waals surface area (Å²) in [6.45, 7) is 4.08. The van der Waals surface area contributed by atoms with E-state index in [1.807, 2.05) is 68.4 Å². The molecule has 136 valence electrons. The molecule has 2 rings (SSSR count). The first kappa shape index (κ1) is 19.2. The van der Waals surface area contributed by atoms with Crippen molar-refractivity contribution in [3.8, 4) is 5.75 Å². The Balaban J connectivity index is 1.76. The predicted molar refractivity (Wildman–Crippen MR) is 101 cm³/mol. The minimum atomic E-state index is -0.568. The van der Waals surface area contributed by atoms with Crippen LogP contribution in [0.4, 0.5) is 0 Å². The van der Waals surface area contributed by atoms with Gasteiger partial charge in [0.1, 0.15) is 5.75 Å². The number of rotatable bonds is 8. The summed E-state index contributed by atoms with van der Waals surface area (Å²) in [6, 6.07) is 16.8. The van der Waals surface area contributed by atoms with Crippen LogP contribution in [0.25, 0.3) is 6.08 Å². The van der Waals surface area contributed by atoms with Crippen LogP contribution in [-0.4, -0.2) is 25.1 Å². The second kappa shape index (κ2) is 10.0. The number of carbonyl (C=O) groups is 2. The molecular formula is C21H23NO4. The van der Waals surface area contributed by atoms with Gasteiger partial charge in [0.05, 0.1) is 12.6 Å². The monoisotopic (exact) mass is 353 g/mol. The van der Waals surface area contributed by atoms with Gasteiger partial charge in [-0.25, -0.2) is 4.79 Å². The fraction of sp³-hybridized carbons (Fsp3) is 0.238. The zero-order valence-electron chi connectivity index (χ0n) is 15.0. The summed E-state index contributed by atoms with van der Waals surface area (Å²) < 4.78 is 10.3. The lowest BCUT2D eigenvalue weighted by Crippen LogP contribution is -2.30. The molecular weight excluding hydrogens is 330 g/mol. The lowest BCUT2D eigenvalue weighted by Gasteiger charge is -2.13. The highest BCUT2D eigenvalue weighted by Crippen LogP contribution is 2.13. The lowest BCUT2D eigenvalue weighted by atomic mass is 10.1. The van der Waals surface area contributed by atoms with Gasteiger partial charge >= 0.3 is 5.97 Å². The molecule has 0 saturated heterocycles. The molecule has 5 nitrogen and oxygen atoms in total. The summed E-state index contributed by atoms with van der Waals surface area (Å²) in [5.41, 5.74) is 1.83. The third-order valence-corrected chi connectivity index (χ3v) is 3.63. The van der Waals surface area contributed by atoms with Crippen molar-refractivity contribution in [1.82, 2.24) is 5.32 Å². The largest absolute Gasteiger partial charge is 0.494 e. The first-order valence-electron chi connectivity index (χ1n) is 8.50. The van der Waals surface area contributed by atoms with E-state index in [1.165, 1.54) is 6.08 Å². The van der Waals surface area contributed by atoms with Crippen LogP contribution >= 0.6 is 0 Å². The highest BCUT2D eigenvalue weighted by atomic mass is 16.5. The topological polar surface area (TPSA) is 64.6 Å². The Kier molecular flexibility index (Phi) is 7.43. The predicted octanol–water partition coefficient (Wildman–Crippen LogP) is 3.52. The average Bonchev–Trinajstić information content (AvgIpc) is 2.66. The van der Waals surface area contributed by atoms with Crippen molar-refractivity contribution in [1.29, 1.82) is 0 Å². The smallest absolute Gasteiger partial charge is 0.331 e. The van der Waals surface area contributed by atoms with Crippen LogP contribution in [0, 0.1) is 0 Å². The third kappa shape index (κ3) is 6.43. The first-order valence-corrected chi connectivity index (χ1v) is 8.50. The Morgan fingerprint density at radius 2 is 1.77 bits per heavy atom. The van der Waals surface area contributed by atoms with Gasteiger partial charge in [-0.15, -0.1) is 0 Å².